The maximum atomic E-state index is 12.5. The Kier molecular flexibility index (Phi) is 8.54. The molecular weight excluding hydrogens is 401 g/mol. The summed E-state index contributed by atoms with van der Waals surface area (Å²) >= 11 is 1.30. The van der Waals surface area contributed by atoms with Crippen molar-refractivity contribution in [2.45, 2.75) is 19.9 Å². The number of hydrogen-bond acceptors (Lipinski definition) is 5. The first-order valence-electron chi connectivity index (χ1n) is 9.45. The number of hydrogen-bond donors (Lipinski definition) is 1. The van der Waals surface area contributed by atoms with E-state index >= 15 is 0 Å². The normalized spacial score (nSPS) is 11.8. The zero-order valence-corrected chi connectivity index (χ0v) is 19.7. The van der Waals surface area contributed by atoms with Gasteiger partial charge < -0.3 is 15.1 Å². The number of thioether (sulfide) groups is 1. The average molecular weight is 432 g/mol. The van der Waals surface area contributed by atoms with Gasteiger partial charge in [0.1, 0.15) is 0 Å². The summed E-state index contributed by atoms with van der Waals surface area (Å²) in [5.74, 6) is -0.188. The highest BCUT2D eigenvalue weighted by Crippen LogP contribution is 2.38. The molecule has 0 aliphatic rings. The van der Waals surface area contributed by atoms with Crippen molar-refractivity contribution in [1.29, 1.82) is 0 Å². The molecule has 1 N–H and O–H groups in total. The second kappa shape index (κ2) is 10.7. The predicted octanol–water partition coefficient (Wildman–Crippen LogP) is 2.99. The number of carbonyl (C=O) groups is 2. The molecule has 2 aromatic carbocycles. The van der Waals surface area contributed by atoms with Gasteiger partial charge in [-0.1, -0.05) is 36.0 Å². The minimum atomic E-state index is -0.699. The van der Waals surface area contributed by atoms with Crippen LogP contribution in [0, 0.1) is 0 Å². The molecule has 156 valence electrons. The second-order valence-corrected chi connectivity index (χ2v) is 10.9. The number of carbonyl (C=O) groups excluding carboxylic acids is 2. The summed E-state index contributed by atoms with van der Waals surface area (Å²) in [6, 6.07) is 16.6. The largest absolute Gasteiger partial charge is 0.378 e. The van der Waals surface area contributed by atoms with Crippen LogP contribution in [0.4, 0.5) is 11.4 Å². The van der Waals surface area contributed by atoms with Crippen molar-refractivity contribution >= 4 is 52.7 Å². The molecule has 0 aromatic heterocycles. The molecule has 0 unspecified atom stereocenters. The minimum Gasteiger partial charge on any atom is -0.378 e. The number of benzene rings is 2. The van der Waals surface area contributed by atoms with Crippen molar-refractivity contribution in [3.63, 3.8) is 0 Å². The summed E-state index contributed by atoms with van der Waals surface area (Å²) in [5.41, 5.74) is 2.98. The van der Waals surface area contributed by atoms with E-state index in [1.807, 2.05) is 28.2 Å². The first kappa shape index (κ1) is 23.2. The molecule has 5 nitrogen and oxygen atoms in total. The van der Waals surface area contributed by atoms with Crippen molar-refractivity contribution in [1.82, 2.24) is 5.32 Å². The van der Waals surface area contributed by atoms with Crippen LogP contribution in [0.2, 0.25) is 0 Å². The van der Waals surface area contributed by atoms with Gasteiger partial charge in [-0.05, 0) is 49.7 Å². The quantitative estimate of drug-likeness (QED) is 0.652. The highest BCUT2D eigenvalue weighted by molar-refractivity contribution is 8.18. The zero-order valence-electron chi connectivity index (χ0n) is 18.0. The fourth-order valence-electron chi connectivity index (χ4n) is 2.78. The summed E-state index contributed by atoms with van der Waals surface area (Å²) in [4.78, 5) is 27.9. The monoisotopic (exact) mass is 431 g/mol. The van der Waals surface area contributed by atoms with E-state index in [0.29, 0.717) is 5.49 Å². The van der Waals surface area contributed by atoms with Crippen LogP contribution in [0.25, 0.3) is 0 Å². The highest BCUT2D eigenvalue weighted by Gasteiger charge is 2.20. The lowest BCUT2D eigenvalue weighted by molar-refractivity contribution is -0.122. The zero-order chi connectivity index (χ0) is 21.6. The van der Waals surface area contributed by atoms with Gasteiger partial charge in [-0.2, -0.15) is 0 Å². The van der Waals surface area contributed by atoms with E-state index in [9.17, 15) is 9.59 Å². The minimum absolute atomic E-state index is 0.0116. The van der Waals surface area contributed by atoms with E-state index in [-0.39, 0.29) is 11.0 Å². The van der Waals surface area contributed by atoms with Crippen LogP contribution < -0.4 is 25.7 Å². The van der Waals surface area contributed by atoms with E-state index < -0.39 is 14.0 Å². The Labute approximate surface area is 179 Å². The molecule has 0 saturated heterocycles. The molecule has 7 heteroatoms. The number of anilines is 2. The van der Waals surface area contributed by atoms with Crippen molar-refractivity contribution in [2.75, 3.05) is 43.5 Å². The number of nitrogens with zero attached hydrogens (tertiary/aromatic N) is 2. The Morgan fingerprint density at radius 1 is 0.897 bits per heavy atom. The predicted molar refractivity (Wildman–Crippen MR) is 128 cm³/mol. The lowest BCUT2D eigenvalue weighted by Crippen LogP contribution is -2.35. The second-order valence-electron chi connectivity index (χ2n) is 7.26. The van der Waals surface area contributed by atoms with Crippen molar-refractivity contribution < 1.29 is 9.59 Å². The van der Waals surface area contributed by atoms with Crippen LogP contribution in [0.5, 0.6) is 0 Å². The number of rotatable bonds is 8. The molecule has 1 amide bonds. The number of nitrogens with one attached hydrogen (secondary N) is 1. The fourth-order valence-corrected chi connectivity index (χ4v) is 6.62. The third kappa shape index (κ3) is 6.76. The van der Waals surface area contributed by atoms with E-state index in [1.54, 1.807) is 6.92 Å². The fraction of sp³-hybridized carbons (Fsp3) is 0.364. The molecule has 2 rings (SSSR count). The molecule has 1 atom stereocenters. The van der Waals surface area contributed by atoms with Gasteiger partial charge in [-0.15, -0.1) is 0 Å². The maximum absolute atomic E-state index is 12.5. The molecule has 2 aromatic rings. The SMILES string of the molecule is CC(=O)N[C@@H](C)C(=O)SCP(c1ccc(N(C)C)cc1)c1ccc(N(C)C)cc1. The van der Waals surface area contributed by atoms with Gasteiger partial charge >= 0.3 is 0 Å². The van der Waals surface area contributed by atoms with Crippen molar-refractivity contribution in [3.8, 4) is 0 Å². The third-order valence-corrected chi connectivity index (χ3v) is 8.50. The van der Waals surface area contributed by atoms with Crippen LogP contribution in [-0.4, -0.2) is 50.7 Å². The lowest BCUT2D eigenvalue weighted by atomic mass is 10.3. The highest BCUT2D eigenvalue weighted by atomic mass is 32.2. The molecule has 0 aliphatic carbocycles. The Morgan fingerprint density at radius 3 is 1.66 bits per heavy atom. The van der Waals surface area contributed by atoms with Gasteiger partial charge in [-0.25, -0.2) is 0 Å². The van der Waals surface area contributed by atoms with Crippen LogP contribution in [0.15, 0.2) is 48.5 Å². The summed E-state index contributed by atoms with van der Waals surface area (Å²) in [6.07, 6.45) is 0. The van der Waals surface area contributed by atoms with Crippen LogP contribution >= 0.6 is 19.7 Å². The van der Waals surface area contributed by atoms with Gasteiger partial charge in [-0.3, -0.25) is 9.59 Å². The first-order valence-corrected chi connectivity index (χ1v) is 12.0. The molecule has 0 fully saturated rings. The summed E-state index contributed by atoms with van der Waals surface area (Å²) in [5, 5.41) is 5.13. The molecule has 0 bridgehead atoms. The smallest absolute Gasteiger partial charge is 0.217 e. The van der Waals surface area contributed by atoms with Crippen LogP contribution in [0.3, 0.4) is 0 Å². The average Bonchev–Trinajstić information content (AvgIpc) is 2.68. The van der Waals surface area contributed by atoms with Gasteiger partial charge in [0, 0.05) is 52.0 Å². The molecule has 0 saturated carbocycles. The van der Waals surface area contributed by atoms with E-state index in [4.69, 9.17) is 0 Å². The molecule has 0 heterocycles. The molecule has 29 heavy (non-hydrogen) atoms. The van der Waals surface area contributed by atoms with Crippen molar-refractivity contribution in [2.24, 2.45) is 0 Å². The maximum Gasteiger partial charge on any atom is 0.217 e. The Bertz CT molecular complexity index is 771. The molecular formula is C22H30N3O2PS. The van der Waals surface area contributed by atoms with E-state index in [0.717, 1.165) is 11.4 Å². The molecule has 0 spiro atoms. The molecule has 0 aliphatic heterocycles. The van der Waals surface area contributed by atoms with Crippen LogP contribution in [-0.2, 0) is 9.59 Å². The first-order chi connectivity index (χ1) is 13.7. The van der Waals surface area contributed by atoms with Gasteiger partial charge in [0.15, 0.2) is 0 Å². The van der Waals surface area contributed by atoms with E-state index in [1.165, 1.54) is 29.3 Å². The summed E-state index contributed by atoms with van der Waals surface area (Å²) in [6.45, 7) is 3.16. The Hall–Kier alpha value is -2.04. The standard InChI is InChI=1S/C22H30N3O2PS/c1-16(23-17(2)26)22(27)29-15-28(20-11-7-18(8-12-20)24(3)4)21-13-9-19(10-14-21)25(5)6/h7-14,16H,15H2,1-6H3,(H,23,26)/t16-/m0/s1. The van der Waals surface area contributed by atoms with Gasteiger partial charge in [0.05, 0.1) is 6.04 Å². The summed E-state index contributed by atoms with van der Waals surface area (Å²) < 4.78 is 0. The van der Waals surface area contributed by atoms with Crippen LogP contribution in [0.1, 0.15) is 13.8 Å². The molecule has 0 radical (unpaired) electrons. The van der Waals surface area contributed by atoms with E-state index in [2.05, 4.69) is 63.6 Å². The Balaban J connectivity index is 2.25. The van der Waals surface area contributed by atoms with Crippen molar-refractivity contribution in [3.05, 3.63) is 48.5 Å². The van der Waals surface area contributed by atoms with Gasteiger partial charge in [0.25, 0.3) is 0 Å². The topological polar surface area (TPSA) is 52.7 Å². The summed E-state index contributed by atoms with van der Waals surface area (Å²) in [7, 11) is 7.39. The third-order valence-electron chi connectivity index (χ3n) is 4.46. The Morgan fingerprint density at radius 2 is 1.31 bits per heavy atom. The van der Waals surface area contributed by atoms with Gasteiger partial charge in [0.2, 0.25) is 11.0 Å². The lowest BCUT2D eigenvalue weighted by Gasteiger charge is -2.21. The number of amides is 1.